The minimum Gasteiger partial charge on any atom is -0.467 e. The Morgan fingerprint density at radius 2 is 2.12 bits per heavy atom. The van der Waals surface area contributed by atoms with Crippen molar-refractivity contribution in [2.45, 2.75) is 6.04 Å². The van der Waals surface area contributed by atoms with E-state index in [9.17, 15) is 9.59 Å². The molecular weight excluding hydrogens is 340 g/mol. The molecule has 0 saturated carbocycles. The molecule has 1 atom stereocenters. The smallest absolute Gasteiger partial charge is 0.333 e. The van der Waals surface area contributed by atoms with Crippen LogP contribution in [0.5, 0.6) is 0 Å². The van der Waals surface area contributed by atoms with Crippen molar-refractivity contribution in [1.29, 1.82) is 0 Å². The second-order valence-electron chi connectivity index (χ2n) is 4.80. The van der Waals surface area contributed by atoms with E-state index in [1.54, 1.807) is 35.7 Å². The third-order valence-electron chi connectivity index (χ3n) is 3.37. The molecule has 126 valence electrons. The van der Waals surface area contributed by atoms with Gasteiger partial charge >= 0.3 is 5.97 Å². The molecule has 0 saturated heterocycles. The highest BCUT2D eigenvalue weighted by Crippen LogP contribution is 2.31. The van der Waals surface area contributed by atoms with Crippen LogP contribution in [0.4, 0.5) is 5.69 Å². The molecule has 0 fully saturated rings. The molecule has 1 heterocycles. The first kappa shape index (κ1) is 18.1. The van der Waals surface area contributed by atoms with Gasteiger partial charge in [0.15, 0.2) is 6.04 Å². The van der Waals surface area contributed by atoms with Gasteiger partial charge in [0.1, 0.15) is 4.88 Å². The van der Waals surface area contributed by atoms with Crippen LogP contribution in [-0.2, 0) is 9.53 Å². The highest BCUT2D eigenvalue weighted by atomic mass is 32.1. The van der Waals surface area contributed by atoms with Crippen LogP contribution in [0, 0.1) is 12.3 Å². The van der Waals surface area contributed by atoms with Gasteiger partial charge in [-0.1, -0.05) is 41.4 Å². The monoisotopic (exact) mass is 354 g/mol. The third-order valence-corrected chi connectivity index (χ3v) is 4.26. The van der Waals surface area contributed by atoms with Gasteiger partial charge in [0.2, 0.25) is 0 Å². The zero-order chi connectivity index (χ0) is 18.2. The van der Waals surface area contributed by atoms with Gasteiger partial charge in [-0.15, -0.1) is 17.8 Å². The van der Waals surface area contributed by atoms with Gasteiger partial charge in [-0.2, -0.15) is 0 Å². The molecule has 2 rings (SSSR count). The highest BCUT2D eigenvalue weighted by molar-refractivity contribution is 7.12. The number of amides is 1. The van der Waals surface area contributed by atoms with E-state index < -0.39 is 17.9 Å². The minimum absolute atomic E-state index is 0.110. The van der Waals surface area contributed by atoms with E-state index in [0.29, 0.717) is 5.56 Å². The predicted octanol–water partition coefficient (Wildman–Crippen LogP) is 3.68. The average Bonchev–Trinajstić information content (AvgIpc) is 3.10. The topological polar surface area (TPSA) is 95.4 Å². The van der Waals surface area contributed by atoms with Crippen molar-refractivity contribution in [3.8, 4) is 12.3 Å². The van der Waals surface area contributed by atoms with Crippen LogP contribution in [0.1, 0.15) is 21.3 Å². The van der Waals surface area contributed by atoms with Crippen molar-refractivity contribution >= 4 is 28.9 Å². The number of azide groups is 1. The van der Waals surface area contributed by atoms with Crippen LogP contribution in [-0.4, -0.2) is 30.4 Å². The Morgan fingerprint density at radius 1 is 1.40 bits per heavy atom. The molecular formula is C17H14N4O3S. The van der Waals surface area contributed by atoms with Gasteiger partial charge in [0, 0.05) is 4.91 Å². The van der Waals surface area contributed by atoms with Crippen molar-refractivity contribution in [3.63, 3.8) is 0 Å². The van der Waals surface area contributed by atoms with Crippen LogP contribution >= 0.6 is 11.3 Å². The van der Waals surface area contributed by atoms with E-state index in [0.717, 1.165) is 11.3 Å². The Morgan fingerprint density at radius 3 is 2.72 bits per heavy atom. The van der Waals surface area contributed by atoms with Gasteiger partial charge in [-0.05, 0) is 22.5 Å². The summed E-state index contributed by atoms with van der Waals surface area (Å²) >= 11 is 1.11. The molecule has 7 nitrogen and oxygen atoms in total. The van der Waals surface area contributed by atoms with Gasteiger partial charge in [-0.25, -0.2) is 4.79 Å². The fourth-order valence-electron chi connectivity index (χ4n) is 2.29. The van der Waals surface area contributed by atoms with Gasteiger partial charge < -0.3 is 9.64 Å². The second-order valence-corrected chi connectivity index (χ2v) is 5.71. The molecule has 2 aromatic rings. The number of methoxy groups -OCH3 is 1. The molecule has 8 heteroatoms. The van der Waals surface area contributed by atoms with Gasteiger partial charge in [-0.3, -0.25) is 4.79 Å². The molecule has 1 aromatic carbocycles. The molecule has 0 aliphatic carbocycles. The molecule has 1 aromatic heterocycles. The second kappa shape index (κ2) is 8.55. The average molecular weight is 354 g/mol. The Balaban J connectivity index is 2.51. The highest BCUT2D eigenvalue weighted by Gasteiger charge is 2.33. The van der Waals surface area contributed by atoms with E-state index >= 15 is 0 Å². The van der Waals surface area contributed by atoms with Crippen molar-refractivity contribution in [3.05, 3.63) is 62.7 Å². The number of nitrogens with zero attached hydrogens (tertiary/aromatic N) is 4. The fraction of sp³-hybridized carbons (Fsp3) is 0.176. The normalized spacial score (nSPS) is 10.9. The van der Waals surface area contributed by atoms with Crippen LogP contribution < -0.4 is 0 Å². The van der Waals surface area contributed by atoms with Crippen molar-refractivity contribution in [1.82, 2.24) is 4.90 Å². The number of rotatable bonds is 6. The number of ether oxygens (including phenoxy) is 1. The number of hydrogen-bond acceptors (Lipinski definition) is 5. The number of hydrogen-bond donors (Lipinski definition) is 0. The first-order valence-corrected chi connectivity index (χ1v) is 8.01. The summed E-state index contributed by atoms with van der Waals surface area (Å²) in [5.74, 6) is 1.27. The van der Waals surface area contributed by atoms with E-state index in [4.69, 9.17) is 16.7 Å². The molecule has 0 unspecified atom stereocenters. The summed E-state index contributed by atoms with van der Waals surface area (Å²) in [6, 6.07) is 9.24. The quantitative estimate of drug-likeness (QED) is 0.260. The largest absolute Gasteiger partial charge is 0.467 e. The van der Waals surface area contributed by atoms with Crippen molar-refractivity contribution < 1.29 is 14.3 Å². The summed E-state index contributed by atoms with van der Waals surface area (Å²) in [6.07, 6.45) is 5.40. The maximum atomic E-state index is 13.0. The number of carbonyl (C=O) groups excluding carboxylic acids is 2. The Hall–Kier alpha value is -3.27. The Kier molecular flexibility index (Phi) is 6.18. The molecule has 0 aliphatic rings. The zero-order valence-electron chi connectivity index (χ0n) is 13.3. The molecule has 25 heavy (non-hydrogen) atoms. The third kappa shape index (κ3) is 3.98. The summed E-state index contributed by atoms with van der Waals surface area (Å²) in [5.41, 5.74) is 9.39. The van der Waals surface area contributed by atoms with Crippen LogP contribution in [0.25, 0.3) is 10.4 Å². The van der Waals surface area contributed by atoms with Crippen LogP contribution in [0.2, 0.25) is 0 Å². The van der Waals surface area contributed by atoms with Crippen molar-refractivity contribution in [2.24, 2.45) is 5.11 Å². The van der Waals surface area contributed by atoms with Gasteiger partial charge in [0.05, 0.1) is 19.3 Å². The lowest BCUT2D eigenvalue weighted by Crippen LogP contribution is -2.39. The number of benzene rings is 1. The molecule has 0 radical (unpaired) electrons. The first-order chi connectivity index (χ1) is 12.1. The molecule has 0 bridgehead atoms. The van der Waals surface area contributed by atoms with E-state index in [2.05, 4.69) is 15.9 Å². The number of carbonyl (C=O) groups is 2. The summed E-state index contributed by atoms with van der Waals surface area (Å²) in [4.78, 5) is 29.5. The van der Waals surface area contributed by atoms with Crippen molar-refractivity contribution in [2.75, 3.05) is 13.7 Å². The lowest BCUT2D eigenvalue weighted by Gasteiger charge is -2.28. The lowest BCUT2D eigenvalue weighted by atomic mass is 10.0. The number of esters is 1. The summed E-state index contributed by atoms with van der Waals surface area (Å²) < 4.78 is 4.86. The zero-order valence-corrected chi connectivity index (χ0v) is 14.1. The van der Waals surface area contributed by atoms with E-state index in [-0.39, 0.29) is 17.1 Å². The Labute approximate surface area is 148 Å². The molecule has 0 spiro atoms. The summed E-state index contributed by atoms with van der Waals surface area (Å²) in [7, 11) is 1.24. The number of thiophene rings is 1. The van der Waals surface area contributed by atoms with Crippen LogP contribution in [0.15, 0.2) is 46.9 Å². The van der Waals surface area contributed by atoms with Crippen LogP contribution in [0.3, 0.4) is 0 Å². The van der Waals surface area contributed by atoms with E-state index in [1.807, 2.05) is 0 Å². The maximum absolute atomic E-state index is 13.0. The van der Waals surface area contributed by atoms with Gasteiger partial charge in [0.25, 0.3) is 5.91 Å². The first-order valence-electron chi connectivity index (χ1n) is 7.13. The minimum atomic E-state index is -1.00. The Bertz CT molecular complexity index is 850. The number of terminal acetylenes is 1. The fourth-order valence-corrected chi connectivity index (χ4v) is 3.07. The molecule has 0 N–H and O–H groups in total. The summed E-state index contributed by atoms with van der Waals surface area (Å²) in [6.45, 7) is -0.110. The lowest BCUT2D eigenvalue weighted by molar-refractivity contribution is -0.146. The van der Waals surface area contributed by atoms with E-state index in [1.165, 1.54) is 18.1 Å². The summed E-state index contributed by atoms with van der Waals surface area (Å²) in [5, 5.41) is 5.13. The molecule has 1 amide bonds. The standard InChI is InChI=1S/C17H14N4O3S/c1-3-10-21(16(22)15-13(19-20-18)9-11-25-15)14(17(23)24-2)12-7-5-4-6-8-12/h1,4-9,11,14H,10H2,2H3/t14-/m0/s1. The molecule has 0 aliphatic heterocycles. The maximum Gasteiger partial charge on any atom is 0.333 e. The predicted molar refractivity (Wildman–Crippen MR) is 94.2 cm³/mol. The SMILES string of the molecule is C#CCN(C(=O)c1sccc1N=[N+]=[N-])[C@H](C(=O)OC)c1ccccc1.